The van der Waals surface area contributed by atoms with Crippen molar-refractivity contribution in [1.82, 2.24) is 15.6 Å². The van der Waals surface area contributed by atoms with E-state index in [0.29, 0.717) is 48.4 Å². The molecule has 1 fully saturated rings. The molecule has 1 saturated heterocycles. The second-order valence-corrected chi connectivity index (χ2v) is 12.4. The van der Waals surface area contributed by atoms with Gasteiger partial charge in [-0.2, -0.15) is 13.2 Å². The maximum atomic E-state index is 13.6. The van der Waals surface area contributed by atoms with Crippen LogP contribution in [0, 0.1) is 5.92 Å². The molecule has 53 heavy (non-hydrogen) atoms. The lowest BCUT2D eigenvalue weighted by atomic mass is 9.81. The number of halogens is 3. The topological polar surface area (TPSA) is 217 Å². The summed E-state index contributed by atoms with van der Waals surface area (Å²) in [5.74, 6) is -4.03. The third kappa shape index (κ3) is 9.34. The van der Waals surface area contributed by atoms with Gasteiger partial charge in [-0.25, -0.2) is 14.6 Å². The van der Waals surface area contributed by atoms with E-state index >= 15 is 0 Å². The van der Waals surface area contributed by atoms with Crippen molar-refractivity contribution in [3.05, 3.63) is 83.6 Å². The number of hydrogen-bond acceptors (Lipinski definition) is 11. The van der Waals surface area contributed by atoms with Gasteiger partial charge >= 0.3 is 18.1 Å². The lowest BCUT2D eigenvalue weighted by Crippen LogP contribution is -2.49. The molecule has 0 aliphatic carbocycles. The standard InChI is InChI=1S/C34H37N5O7.C2HF3O2/c1-23(34(33(22-41,38-34)14-16-40)32(44)46-21-25-9-3-2-4-10-25)20-39-27-13-12-24(18-26(27)31(43)37-19-29(39)42)8-5-6-17-45-28-11-7-15-36-30(28)35;3-2(4,5)1(6)7/h2-4,7,9-13,15-16,18,22-23,38H,5-6,8,14,17,19-21H2,1H3,(H2,35,36)(H,37,43);(H,6,7)/t23?,33?,34-;/m0./s1. The van der Waals surface area contributed by atoms with Crippen LogP contribution in [-0.4, -0.2) is 83.4 Å². The van der Waals surface area contributed by atoms with Gasteiger partial charge in [-0.15, -0.1) is 0 Å². The molecule has 3 heterocycles. The molecule has 2 aliphatic rings. The fourth-order valence-corrected chi connectivity index (χ4v) is 6.05. The number of alkyl halides is 3. The quantitative estimate of drug-likeness (QED) is 0.0765. The van der Waals surface area contributed by atoms with E-state index in [1.807, 2.05) is 24.3 Å². The number of amides is 2. The highest BCUT2D eigenvalue weighted by Gasteiger charge is 2.75. The molecule has 5 rings (SSSR count). The first kappa shape index (κ1) is 39.9. The maximum Gasteiger partial charge on any atom is 0.490 e. The Balaban J connectivity index is 0.000000815. The molecule has 1 aromatic heterocycles. The number of fused-ring (bicyclic) bond motifs is 1. The van der Waals surface area contributed by atoms with Gasteiger partial charge in [-0.1, -0.05) is 43.3 Å². The maximum absolute atomic E-state index is 13.6. The van der Waals surface area contributed by atoms with Gasteiger partial charge in [0, 0.05) is 25.1 Å². The predicted molar refractivity (Wildman–Crippen MR) is 183 cm³/mol. The van der Waals surface area contributed by atoms with E-state index in [2.05, 4.69) is 15.6 Å². The number of hydrogen-bond donors (Lipinski definition) is 4. The fourth-order valence-electron chi connectivity index (χ4n) is 6.05. The van der Waals surface area contributed by atoms with Gasteiger partial charge in [0.1, 0.15) is 30.3 Å². The van der Waals surface area contributed by atoms with Crippen LogP contribution >= 0.6 is 0 Å². The number of pyridine rings is 1. The molecule has 0 spiro atoms. The number of nitrogens with zero attached hydrogens (tertiary/aromatic N) is 2. The predicted octanol–water partition coefficient (Wildman–Crippen LogP) is 3.02. The number of rotatable bonds is 15. The van der Waals surface area contributed by atoms with E-state index < -0.39 is 35.1 Å². The summed E-state index contributed by atoms with van der Waals surface area (Å²) in [6.45, 7) is 1.89. The lowest BCUT2D eigenvalue weighted by molar-refractivity contribution is -0.192. The zero-order valence-electron chi connectivity index (χ0n) is 28.6. The molecule has 17 heteroatoms. The van der Waals surface area contributed by atoms with Crippen LogP contribution < -0.4 is 26.0 Å². The monoisotopic (exact) mass is 741 g/mol. The number of aryl methyl sites for hydroxylation is 1. The summed E-state index contributed by atoms with van der Waals surface area (Å²) >= 11 is 0. The molecule has 0 saturated carbocycles. The molecule has 2 amide bonds. The second kappa shape index (κ2) is 17.1. The van der Waals surface area contributed by atoms with Gasteiger partial charge < -0.3 is 40.1 Å². The summed E-state index contributed by atoms with van der Waals surface area (Å²) in [4.78, 5) is 78.3. The number of unbranched alkanes of at least 4 members (excludes halogenated alkanes) is 1. The van der Waals surface area contributed by atoms with Crippen LogP contribution in [0.5, 0.6) is 5.75 Å². The molecule has 0 radical (unpaired) electrons. The van der Waals surface area contributed by atoms with E-state index in [9.17, 15) is 37.1 Å². The molecular formula is C36H38F3N5O9. The highest BCUT2D eigenvalue weighted by atomic mass is 19.4. The van der Waals surface area contributed by atoms with E-state index in [1.54, 1.807) is 49.5 Å². The van der Waals surface area contributed by atoms with E-state index in [0.717, 1.165) is 24.0 Å². The Morgan fingerprint density at radius 1 is 1.08 bits per heavy atom. The Labute approximate surface area is 301 Å². The Bertz CT molecular complexity index is 1830. The number of carboxylic acid groups (broad SMARTS) is 1. The van der Waals surface area contributed by atoms with Crippen LogP contribution in [0.4, 0.5) is 24.7 Å². The van der Waals surface area contributed by atoms with E-state index in [4.69, 9.17) is 25.1 Å². The molecule has 2 aliphatic heterocycles. The van der Waals surface area contributed by atoms with Crippen molar-refractivity contribution in [3.63, 3.8) is 0 Å². The number of esters is 1. The summed E-state index contributed by atoms with van der Waals surface area (Å²) in [6.07, 6.45) is -0.384. The zero-order chi connectivity index (χ0) is 38.8. The smallest absolute Gasteiger partial charge is 0.490 e. The van der Waals surface area contributed by atoms with E-state index in [1.165, 1.54) is 4.90 Å². The minimum Gasteiger partial charge on any atom is -0.490 e. The summed E-state index contributed by atoms with van der Waals surface area (Å²) in [7, 11) is 0. The average Bonchev–Trinajstić information content (AvgIpc) is 3.84. The summed E-state index contributed by atoms with van der Waals surface area (Å²) in [5, 5.41) is 12.8. The lowest BCUT2D eigenvalue weighted by Gasteiger charge is -2.30. The van der Waals surface area contributed by atoms with Gasteiger partial charge in [0.25, 0.3) is 5.91 Å². The van der Waals surface area contributed by atoms with Crippen molar-refractivity contribution < 1.29 is 56.5 Å². The highest BCUT2D eigenvalue weighted by Crippen LogP contribution is 2.47. The van der Waals surface area contributed by atoms with Crippen molar-refractivity contribution >= 4 is 47.8 Å². The van der Waals surface area contributed by atoms with Gasteiger partial charge in [-0.3, -0.25) is 14.9 Å². The third-order valence-corrected chi connectivity index (χ3v) is 8.86. The second-order valence-electron chi connectivity index (χ2n) is 12.4. The Kier molecular flexibility index (Phi) is 12.9. The van der Waals surface area contributed by atoms with Crippen molar-refractivity contribution in [2.45, 2.75) is 56.5 Å². The first-order valence-electron chi connectivity index (χ1n) is 16.4. The number of aromatic nitrogens is 1. The molecule has 282 valence electrons. The minimum atomic E-state index is -5.08. The number of carbonyl (C=O) groups is 6. The Morgan fingerprint density at radius 3 is 2.43 bits per heavy atom. The minimum absolute atomic E-state index is 0.0170. The van der Waals surface area contributed by atoms with Gasteiger partial charge in [0.15, 0.2) is 11.6 Å². The number of nitrogens with one attached hydrogen (secondary N) is 2. The van der Waals surface area contributed by atoms with E-state index in [-0.39, 0.29) is 37.9 Å². The van der Waals surface area contributed by atoms with Crippen LogP contribution in [-0.2, 0) is 41.7 Å². The van der Waals surface area contributed by atoms with Crippen LogP contribution in [0.15, 0.2) is 66.9 Å². The van der Waals surface area contributed by atoms with Crippen LogP contribution in [0.1, 0.15) is 47.7 Å². The summed E-state index contributed by atoms with van der Waals surface area (Å²) < 4.78 is 43.1. The van der Waals surface area contributed by atoms with Gasteiger partial charge in [0.2, 0.25) is 5.91 Å². The number of aldehydes is 2. The molecule has 2 unspecified atom stereocenters. The number of benzene rings is 2. The van der Waals surface area contributed by atoms with Crippen LogP contribution in [0.2, 0.25) is 0 Å². The highest BCUT2D eigenvalue weighted by molar-refractivity contribution is 6.10. The number of nitrogen functional groups attached to an aromatic ring is 1. The third-order valence-electron chi connectivity index (χ3n) is 8.86. The number of nitrogens with two attached hydrogens (primary N) is 1. The van der Waals surface area contributed by atoms with Gasteiger partial charge in [0.05, 0.1) is 24.4 Å². The molecule has 2 aromatic carbocycles. The largest absolute Gasteiger partial charge is 0.490 e. The average molecular weight is 742 g/mol. The van der Waals surface area contributed by atoms with Crippen LogP contribution in [0.25, 0.3) is 0 Å². The number of anilines is 2. The number of carbonyl (C=O) groups excluding carboxylic acids is 5. The van der Waals surface area contributed by atoms with Crippen molar-refractivity contribution in [2.24, 2.45) is 5.92 Å². The molecular weight excluding hydrogens is 703 g/mol. The SMILES string of the molecule is CC(CN1C(=O)CNC(=O)c2cc(CCCCOc3cccnc3N)ccc21)[C@@]1(C(=O)OCc2ccccc2)NC1(C=O)CC=O.O=C(O)C(F)(F)F. The Hall–Kier alpha value is -5.84. The molecule has 3 aromatic rings. The molecule has 3 atom stereocenters. The first-order chi connectivity index (χ1) is 25.2. The fraction of sp³-hybridized carbons (Fsp3) is 0.361. The summed E-state index contributed by atoms with van der Waals surface area (Å²) in [5.41, 5.74) is 5.20. The Morgan fingerprint density at radius 2 is 1.79 bits per heavy atom. The normalized spacial score (nSPS) is 19.7. The van der Waals surface area contributed by atoms with Gasteiger partial charge in [-0.05, 0) is 54.7 Å². The first-order valence-corrected chi connectivity index (χ1v) is 16.4. The molecule has 5 N–H and O–H groups in total. The van der Waals surface area contributed by atoms with Crippen molar-refractivity contribution in [3.8, 4) is 5.75 Å². The van der Waals surface area contributed by atoms with Crippen molar-refractivity contribution in [1.29, 1.82) is 0 Å². The van der Waals surface area contributed by atoms with Crippen molar-refractivity contribution in [2.75, 3.05) is 30.3 Å². The number of carboxylic acids is 1. The number of ether oxygens (including phenoxy) is 2. The summed E-state index contributed by atoms with van der Waals surface area (Å²) in [6, 6.07) is 18.0. The molecule has 0 bridgehead atoms. The number of aliphatic carboxylic acids is 1. The zero-order valence-corrected chi connectivity index (χ0v) is 28.6. The molecule has 14 nitrogen and oxygen atoms in total. The van der Waals surface area contributed by atoms with Crippen LogP contribution in [0.3, 0.4) is 0 Å².